The fourth-order valence-electron chi connectivity index (χ4n) is 4.17. The first-order valence-electron chi connectivity index (χ1n) is 9.01. The van der Waals surface area contributed by atoms with Gasteiger partial charge in [-0.2, -0.15) is 13.2 Å². The van der Waals surface area contributed by atoms with E-state index in [1.807, 2.05) is 6.92 Å². The van der Waals surface area contributed by atoms with Crippen molar-refractivity contribution in [3.05, 3.63) is 35.4 Å². The van der Waals surface area contributed by atoms with Gasteiger partial charge in [0.1, 0.15) is 0 Å². The van der Waals surface area contributed by atoms with Crippen LogP contribution in [0.25, 0.3) is 0 Å². The fraction of sp³-hybridized carbons (Fsp3) is 0.632. The van der Waals surface area contributed by atoms with Gasteiger partial charge in [0, 0.05) is 24.5 Å². The minimum Gasteiger partial charge on any atom is -0.353 e. The highest BCUT2D eigenvalue weighted by Gasteiger charge is 2.34. The summed E-state index contributed by atoms with van der Waals surface area (Å²) in [6, 6.07) is 6.19. The van der Waals surface area contributed by atoms with Crippen LogP contribution >= 0.6 is 12.4 Å². The second-order valence-corrected chi connectivity index (χ2v) is 7.55. The molecule has 0 saturated carbocycles. The maximum absolute atomic E-state index is 12.6. The highest BCUT2D eigenvalue weighted by atomic mass is 35.5. The van der Waals surface area contributed by atoms with Gasteiger partial charge in [-0.1, -0.05) is 12.1 Å². The predicted octanol–water partition coefficient (Wildman–Crippen LogP) is 4.10. The van der Waals surface area contributed by atoms with Crippen molar-refractivity contribution in [2.24, 2.45) is 5.92 Å². The van der Waals surface area contributed by atoms with Crippen LogP contribution in [0, 0.1) is 5.92 Å². The molecule has 3 rings (SSSR count). The molecule has 2 aliphatic heterocycles. The quantitative estimate of drug-likeness (QED) is 0.794. The lowest BCUT2D eigenvalue weighted by molar-refractivity contribution is -0.137. The Bertz CT molecular complexity index is 594. The van der Waals surface area contributed by atoms with E-state index in [2.05, 4.69) is 10.6 Å². The number of hydrogen-bond donors (Lipinski definition) is 2. The minimum absolute atomic E-state index is 0. The van der Waals surface area contributed by atoms with Crippen LogP contribution < -0.4 is 10.6 Å². The van der Waals surface area contributed by atoms with Gasteiger partial charge in [0.15, 0.2) is 0 Å². The molecule has 0 aliphatic carbocycles. The third kappa shape index (κ3) is 5.61. The van der Waals surface area contributed by atoms with Gasteiger partial charge in [-0.05, 0) is 62.6 Å². The summed E-state index contributed by atoms with van der Waals surface area (Å²) in [7, 11) is 0. The van der Waals surface area contributed by atoms with Gasteiger partial charge < -0.3 is 10.6 Å². The number of alkyl halides is 3. The van der Waals surface area contributed by atoms with Gasteiger partial charge in [0.05, 0.1) is 5.56 Å². The number of benzene rings is 1. The van der Waals surface area contributed by atoms with E-state index in [9.17, 15) is 18.0 Å². The number of fused-ring (bicyclic) bond motifs is 2. The number of carbonyl (C=O) groups excluding carboxylic acids is 1. The molecule has 3 atom stereocenters. The molecule has 2 heterocycles. The van der Waals surface area contributed by atoms with Gasteiger partial charge in [-0.3, -0.25) is 4.79 Å². The summed E-state index contributed by atoms with van der Waals surface area (Å²) in [5.74, 6) is 0.489. The van der Waals surface area contributed by atoms with Crippen LogP contribution in [-0.2, 0) is 17.4 Å². The monoisotopic (exact) mass is 390 g/mol. The summed E-state index contributed by atoms with van der Waals surface area (Å²) >= 11 is 0. The van der Waals surface area contributed by atoms with Crippen LogP contribution in [0.5, 0.6) is 0 Å². The lowest BCUT2D eigenvalue weighted by Gasteiger charge is -2.29. The predicted molar refractivity (Wildman–Crippen MR) is 97.3 cm³/mol. The summed E-state index contributed by atoms with van der Waals surface area (Å²) in [5.41, 5.74) is 0.147. The van der Waals surface area contributed by atoms with E-state index in [1.165, 1.54) is 25.0 Å². The number of amides is 1. The molecule has 2 saturated heterocycles. The zero-order chi connectivity index (χ0) is 18.0. The summed E-state index contributed by atoms with van der Waals surface area (Å²) in [6.45, 7) is 1.89. The van der Waals surface area contributed by atoms with Gasteiger partial charge in [-0.25, -0.2) is 0 Å². The zero-order valence-corrected chi connectivity index (χ0v) is 15.6. The van der Waals surface area contributed by atoms with Gasteiger partial charge in [0.2, 0.25) is 5.91 Å². The Balaban J connectivity index is 0.00000243. The highest BCUT2D eigenvalue weighted by molar-refractivity contribution is 5.85. The Labute approximate surface area is 158 Å². The van der Waals surface area contributed by atoms with Crippen molar-refractivity contribution in [1.29, 1.82) is 0 Å². The summed E-state index contributed by atoms with van der Waals surface area (Å²) in [4.78, 5) is 12.3. The van der Waals surface area contributed by atoms with E-state index in [0.717, 1.165) is 30.5 Å². The van der Waals surface area contributed by atoms with Crippen molar-refractivity contribution < 1.29 is 18.0 Å². The molecular formula is C19H26ClF3N2O. The van der Waals surface area contributed by atoms with E-state index < -0.39 is 11.7 Å². The zero-order valence-electron chi connectivity index (χ0n) is 14.8. The Morgan fingerprint density at radius 2 is 1.77 bits per heavy atom. The van der Waals surface area contributed by atoms with E-state index in [0.29, 0.717) is 30.8 Å². The topological polar surface area (TPSA) is 41.1 Å². The van der Waals surface area contributed by atoms with E-state index in [-0.39, 0.29) is 24.4 Å². The average molecular weight is 391 g/mol. The van der Waals surface area contributed by atoms with Crippen molar-refractivity contribution in [2.75, 3.05) is 0 Å². The number of nitrogens with one attached hydrogen (secondary N) is 2. The number of hydrogen-bond acceptors (Lipinski definition) is 2. The van der Waals surface area contributed by atoms with E-state index >= 15 is 0 Å². The maximum Gasteiger partial charge on any atom is 0.416 e. The standard InChI is InChI=1S/C19H25F3N2O.ClH/c1-12(8-13-2-4-15(5-3-13)19(20,21)22)23-18(25)11-14-9-16-6-7-17(10-14)24-16;/h2-5,12,14,16-17,24H,6-11H2,1H3,(H,23,25);1H. The fourth-order valence-corrected chi connectivity index (χ4v) is 4.17. The molecule has 1 amide bonds. The molecule has 2 bridgehead atoms. The van der Waals surface area contributed by atoms with Crippen LogP contribution in [0.2, 0.25) is 0 Å². The Hall–Kier alpha value is -1.27. The van der Waals surface area contributed by atoms with Gasteiger partial charge in [0.25, 0.3) is 0 Å². The van der Waals surface area contributed by atoms with E-state index in [4.69, 9.17) is 0 Å². The van der Waals surface area contributed by atoms with Crippen molar-refractivity contribution >= 4 is 18.3 Å². The van der Waals surface area contributed by atoms with Crippen LogP contribution in [0.15, 0.2) is 24.3 Å². The molecule has 26 heavy (non-hydrogen) atoms. The first kappa shape index (κ1) is 21.0. The van der Waals surface area contributed by atoms with Crippen molar-refractivity contribution in [3.63, 3.8) is 0 Å². The molecule has 3 unspecified atom stereocenters. The molecule has 2 fully saturated rings. The molecule has 0 radical (unpaired) electrons. The molecule has 3 nitrogen and oxygen atoms in total. The third-order valence-electron chi connectivity index (χ3n) is 5.28. The molecule has 7 heteroatoms. The molecule has 1 aromatic rings. The molecular weight excluding hydrogens is 365 g/mol. The van der Waals surface area contributed by atoms with E-state index in [1.54, 1.807) is 0 Å². The largest absolute Gasteiger partial charge is 0.416 e. The normalized spacial score (nSPS) is 26.1. The molecule has 0 aromatic heterocycles. The third-order valence-corrected chi connectivity index (χ3v) is 5.28. The van der Waals surface area contributed by atoms with Gasteiger partial charge in [-0.15, -0.1) is 12.4 Å². The lowest BCUT2D eigenvalue weighted by atomic mass is 9.89. The SMILES string of the molecule is CC(Cc1ccc(C(F)(F)F)cc1)NC(=O)CC1CC2CCC(C1)N2.Cl. The molecule has 0 spiro atoms. The second kappa shape index (κ2) is 8.61. The van der Waals surface area contributed by atoms with Crippen LogP contribution in [0.4, 0.5) is 13.2 Å². The summed E-state index contributed by atoms with van der Waals surface area (Å²) in [6.07, 6.45) is 1.33. The number of rotatable bonds is 5. The second-order valence-electron chi connectivity index (χ2n) is 7.55. The number of carbonyl (C=O) groups is 1. The minimum atomic E-state index is -4.31. The van der Waals surface area contributed by atoms with Crippen molar-refractivity contribution in [3.8, 4) is 0 Å². The molecule has 146 valence electrons. The first-order valence-corrected chi connectivity index (χ1v) is 9.01. The lowest BCUT2D eigenvalue weighted by Crippen LogP contribution is -2.41. The van der Waals surface area contributed by atoms with Crippen LogP contribution in [-0.4, -0.2) is 24.0 Å². The smallest absolute Gasteiger partial charge is 0.353 e. The molecule has 2 aliphatic rings. The Kier molecular flexibility index (Phi) is 6.97. The Morgan fingerprint density at radius 3 is 2.31 bits per heavy atom. The van der Waals surface area contributed by atoms with Crippen molar-refractivity contribution in [1.82, 2.24) is 10.6 Å². The summed E-state index contributed by atoms with van der Waals surface area (Å²) in [5, 5.41) is 6.56. The van der Waals surface area contributed by atoms with Crippen LogP contribution in [0.3, 0.4) is 0 Å². The maximum atomic E-state index is 12.6. The number of halogens is 4. The molecule has 1 aromatic carbocycles. The number of piperidine rings is 1. The highest BCUT2D eigenvalue weighted by Crippen LogP contribution is 2.32. The molecule has 2 N–H and O–H groups in total. The van der Waals surface area contributed by atoms with Gasteiger partial charge >= 0.3 is 6.18 Å². The first-order chi connectivity index (χ1) is 11.8. The average Bonchev–Trinajstić information content (AvgIpc) is 2.85. The van der Waals surface area contributed by atoms with Crippen molar-refractivity contribution in [2.45, 2.75) is 69.8 Å². The Morgan fingerprint density at radius 1 is 1.19 bits per heavy atom. The van der Waals surface area contributed by atoms with Crippen LogP contribution in [0.1, 0.15) is 50.2 Å². The summed E-state index contributed by atoms with van der Waals surface area (Å²) < 4.78 is 37.7.